The third-order valence-electron chi connectivity index (χ3n) is 4.27. The topological polar surface area (TPSA) is 46.6 Å². The van der Waals surface area contributed by atoms with Gasteiger partial charge in [0.15, 0.2) is 11.6 Å². The van der Waals surface area contributed by atoms with Crippen LogP contribution in [0.5, 0.6) is 5.75 Å². The zero-order valence-electron chi connectivity index (χ0n) is 13.8. The summed E-state index contributed by atoms with van der Waals surface area (Å²) in [6.07, 6.45) is 1.23. The molecule has 134 valence electrons. The Morgan fingerprint density at radius 3 is 2.60 bits per heavy atom. The van der Waals surface area contributed by atoms with E-state index in [0.29, 0.717) is 18.6 Å². The molecule has 0 spiro atoms. The average Bonchev–Trinajstić information content (AvgIpc) is 3.04. The molecule has 25 heavy (non-hydrogen) atoms. The van der Waals surface area contributed by atoms with E-state index < -0.39 is 21.7 Å². The summed E-state index contributed by atoms with van der Waals surface area (Å²) in [4.78, 5) is 0. The molecule has 2 aromatic carbocycles. The van der Waals surface area contributed by atoms with Gasteiger partial charge in [0.1, 0.15) is 5.75 Å². The number of halogens is 2. The molecule has 4 nitrogen and oxygen atoms in total. The van der Waals surface area contributed by atoms with Crippen LogP contribution < -0.4 is 4.74 Å². The van der Waals surface area contributed by atoms with Gasteiger partial charge in [-0.2, -0.15) is 0 Å². The molecule has 0 aromatic heterocycles. The van der Waals surface area contributed by atoms with Crippen LogP contribution in [0.1, 0.15) is 16.7 Å². The predicted molar refractivity (Wildman–Crippen MR) is 91.0 cm³/mol. The van der Waals surface area contributed by atoms with Gasteiger partial charge in [0.2, 0.25) is 10.0 Å². The van der Waals surface area contributed by atoms with Gasteiger partial charge in [0.25, 0.3) is 0 Å². The van der Waals surface area contributed by atoms with E-state index in [0.717, 1.165) is 39.7 Å². The van der Waals surface area contributed by atoms with Crippen molar-refractivity contribution in [3.05, 3.63) is 64.7 Å². The lowest BCUT2D eigenvalue weighted by atomic mass is 10.1. The summed E-state index contributed by atoms with van der Waals surface area (Å²) in [7, 11) is -2.07. The molecule has 0 saturated carbocycles. The van der Waals surface area contributed by atoms with Gasteiger partial charge in [-0.25, -0.2) is 21.5 Å². The van der Waals surface area contributed by atoms with Gasteiger partial charge in [0.05, 0.1) is 12.4 Å². The van der Waals surface area contributed by atoms with Crippen LogP contribution in [-0.2, 0) is 29.4 Å². The summed E-state index contributed by atoms with van der Waals surface area (Å²) in [6, 6.07) is 9.11. The van der Waals surface area contributed by atoms with E-state index in [4.69, 9.17) is 4.74 Å². The summed E-state index contributed by atoms with van der Waals surface area (Å²) < 4.78 is 57.7. The second-order valence-corrected chi connectivity index (χ2v) is 8.31. The Kier molecular flexibility index (Phi) is 5.06. The van der Waals surface area contributed by atoms with Crippen LogP contribution in [0, 0.1) is 11.6 Å². The van der Waals surface area contributed by atoms with Crippen molar-refractivity contribution in [3.63, 3.8) is 0 Å². The van der Waals surface area contributed by atoms with Gasteiger partial charge in [0, 0.05) is 20.0 Å². The number of nitrogens with zero attached hydrogens (tertiary/aromatic N) is 1. The Morgan fingerprint density at radius 1 is 1.08 bits per heavy atom. The van der Waals surface area contributed by atoms with E-state index in [-0.39, 0.29) is 12.3 Å². The number of rotatable bonds is 6. The first-order chi connectivity index (χ1) is 11.8. The Labute approximate surface area is 146 Å². The molecule has 0 fully saturated rings. The molecule has 7 heteroatoms. The Morgan fingerprint density at radius 2 is 1.84 bits per heavy atom. The molecule has 0 N–H and O–H groups in total. The van der Waals surface area contributed by atoms with Crippen LogP contribution in [-0.4, -0.2) is 32.1 Å². The highest BCUT2D eigenvalue weighted by Gasteiger charge is 2.19. The number of ether oxygens (including phenoxy) is 1. The molecule has 0 aliphatic carbocycles. The number of hydrogen-bond acceptors (Lipinski definition) is 3. The fourth-order valence-electron chi connectivity index (χ4n) is 2.79. The fraction of sp³-hybridized carbons (Fsp3) is 0.333. The number of benzene rings is 2. The zero-order chi connectivity index (χ0) is 18.0. The van der Waals surface area contributed by atoms with E-state index >= 15 is 0 Å². The molecule has 2 aromatic rings. The van der Waals surface area contributed by atoms with E-state index in [1.807, 2.05) is 18.2 Å². The first-order valence-corrected chi connectivity index (χ1v) is 9.58. The van der Waals surface area contributed by atoms with Crippen molar-refractivity contribution < 1.29 is 21.9 Å². The number of fused-ring (bicyclic) bond motifs is 1. The third kappa shape index (κ3) is 4.16. The monoisotopic (exact) mass is 367 g/mol. The maximum absolute atomic E-state index is 13.3. The second-order valence-electron chi connectivity index (χ2n) is 6.11. The highest BCUT2D eigenvalue weighted by atomic mass is 32.2. The smallest absolute Gasteiger partial charge is 0.214 e. The van der Waals surface area contributed by atoms with E-state index in [1.54, 1.807) is 0 Å². The average molecular weight is 367 g/mol. The molecule has 1 heterocycles. The first kappa shape index (κ1) is 17.8. The molecule has 0 bridgehead atoms. The Bertz CT molecular complexity index is 884. The number of aryl methyl sites for hydroxylation is 1. The van der Waals surface area contributed by atoms with Gasteiger partial charge in [-0.3, -0.25) is 0 Å². The Balaban J connectivity index is 1.63. The van der Waals surface area contributed by atoms with Crippen molar-refractivity contribution in [2.24, 2.45) is 0 Å². The van der Waals surface area contributed by atoms with Crippen molar-refractivity contribution in [2.75, 3.05) is 19.4 Å². The molecule has 1 aliphatic heterocycles. The molecular weight excluding hydrogens is 348 g/mol. The van der Waals surface area contributed by atoms with E-state index in [9.17, 15) is 17.2 Å². The summed E-state index contributed by atoms with van der Waals surface area (Å²) in [5.41, 5.74) is 2.44. The van der Waals surface area contributed by atoms with E-state index in [1.165, 1.54) is 13.1 Å². The maximum Gasteiger partial charge on any atom is 0.214 e. The largest absolute Gasteiger partial charge is 0.493 e. The normalized spacial score (nSPS) is 13.8. The SMILES string of the molecule is CN(Cc1ccc(F)c(F)c1)S(=O)(=O)CCc1ccc2c(c1)CCO2. The highest BCUT2D eigenvalue weighted by molar-refractivity contribution is 7.89. The number of sulfonamides is 1. The second kappa shape index (κ2) is 7.09. The van der Waals surface area contributed by atoms with Crippen LogP contribution in [0.4, 0.5) is 8.78 Å². The van der Waals surface area contributed by atoms with Gasteiger partial charge in [-0.05, 0) is 41.3 Å². The summed E-state index contributed by atoms with van der Waals surface area (Å²) in [6.45, 7) is 0.658. The summed E-state index contributed by atoms with van der Waals surface area (Å²) in [5, 5.41) is 0. The van der Waals surface area contributed by atoms with Gasteiger partial charge in [-0.1, -0.05) is 18.2 Å². The maximum atomic E-state index is 13.3. The quantitative estimate of drug-likeness (QED) is 0.789. The number of hydrogen-bond donors (Lipinski definition) is 0. The fourth-order valence-corrected chi connectivity index (χ4v) is 3.94. The molecule has 0 atom stereocenters. The molecule has 3 rings (SSSR count). The molecular formula is C18H19F2NO3S. The van der Waals surface area contributed by atoms with Gasteiger partial charge in [-0.15, -0.1) is 0 Å². The lowest BCUT2D eigenvalue weighted by molar-refractivity contribution is 0.357. The predicted octanol–water partition coefficient (Wildman–Crippen LogP) is 2.90. The minimum atomic E-state index is -3.51. The lowest BCUT2D eigenvalue weighted by Crippen LogP contribution is -2.29. The molecule has 1 aliphatic rings. The Hall–Kier alpha value is -1.99. The molecule has 0 unspecified atom stereocenters. The van der Waals surface area contributed by atoms with Crippen LogP contribution in [0.25, 0.3) is 0 Å². The van der Waals surface area contributed by atoms with E-state index in [2.05, 4.69) is 0 Å². The summed E-state index contributed by atoms with van der Waals surface area (Å²) >= 11 is 0. The van der Waals surface area contributed by atoms with Crippen molar-refractivity contribution in [2.45, 2.75) is 19.4 Å². The molecule has 0 saturated heterocycles. The zero-order valence-corrected chi connectivity index (χ0v) is 14.7. The van der Waals surface area contributed by atoms with Gasteiger partial charge < -0.3 is 4.74 Å². The van der Waals surface area contributed by atoms with Crippen LogP contribution in [0.15, 0.2) is 36.4 Å². The molecule has 0 radical (unpaired) electrons. The van der Waals surface area contributed by atoms with Crippen molar-refractivity contribution in [3.8, 4) is 5.75 Å². The highest BCUT2D eigenvalue weighted by Crippen LogP contribution is 2.26. The van der Waals surface area contributed by atoms with Gasteiger partial charge >= 0.3 is 0 Å². The lowest BCUT2D eigenvalue weighted by Gasteiger charge is -2.17. The standard InChI is InChI=1S/C18H19F2NO3S/c1-21(12-14-2-4-16(19)17(20)11-14)25(22,23)9-7-13-3-5-18-15(10-13)6-8-24-18/h2-5,10-11H,6-9,12H2,1H3. The third-order valence-corrected chi connectivity index (χ3v) is 6.07. The van der Waals surface area contributed by atoms with Crippen molar-refractivity contribution >= 4 is 10.0 Å². The van der Waals surface area contributed by atoms with Crippen LogP contribution in [0.3, 0.4) is 0 Å². The van der Waals surface area contributed by atoms with Crippen LogP contribution >= 0.6 is 0 Å². The first-order valence-electron chi connectivity index (χ1n) is 7.98. The minimum Gasteiger partial charge on any atom is -0.493 e. The van der Waals surface area contributed by atoms with Crippen molar-refractivity contribution in [1.82, 2.24) is 4.31 Å². The summed E-state index contributed by atoms with van der Waals surface area (Å²) in [5.74, 6) is -1.12. The molecule has 0 amide bonds. The van der Waals surface area contributed by atoms with Crippen molar-refractivity contribution in [1.29, 1.82) is 0 Å². The minimum absolute atomic E-state index is 0.00242. The van der Waals surface area contributed by atoms with Crippen LogP contribution in [0.2, 0.25) is 0 Å².